The van der Waals surface area contributed by atoms with Gasteiger partial charge in [-0.3, -0.25) is 4.79 Å². The summed E-state index contributed by atoms with van der Waals surface area (Å²) < 4.78 is 11.2. The maximum Gasteiger partial charge on any atom is 0.231 e. The lowest BCUT2D eigenvalue weighted by Gasteiger charge is -2.43. The van der Waals surface area contributed by atoms with Crippen LogP contribution >= 0.6 is 0 Å². The molecule has 0 bridgehead atoms. The van der Waals surface area contributed by atoms with Gasteiger partial charge in [-0.1, -0.05) is 30.3 Å². The van der Waals surface area contributed by atoms with E-state index in [2.05, 4.69) is 29.2 Å². The number of carbonyl (C=O) groups excluding carboxylic acids is 1. The first kappa shape index (κ1) is 14.8. The number of rotatable bonds is 2. The molecule has 0 radical (unpaired) electrons. The van der Waals surface area contributed by atoms with Gasteiger partial charge in [0.1, 0.15) is 0 Å². The van der Waals surface area contributed by atoms with E-state index in [-0.39, 0.29) is 18.2 Å². The van der Waals surface area contributed by atoms with Gasteiger partial charge in [0.05, 0.1) is 5.54 Å². The van der Waals surface area contributed by atoms with E-state index in [4.69, 9.17) is 9.47 Å². The number of benzene rings is 2. The second-order valence-corrected chi connectivity index (χ2v) is 7.21. The molecule has 5 rings (SSSR count). The molecule has 4 heteroatoms. The minimum absolute atomic E-state index is 0.193. The number of likely N-dealkylation sites (tertiary alicyclic amines) is 1. The van der Waals surface area contributed by atoms with Crippen LogP contribution in [0.1, 0.15) is 42.4 Å². The minimum Gasteiger partial charge on any atom is -0.454 e. The first-order valence-electron chi connectivity index (χ1n) is 9.04. The normalized spacial score (nSPS) is 24.0. The Morgan fingerprint density at radius 1 is 1.00 bits per heavy atom. The Hall–Kier alpha value is -2.49. The molecule has 1 amide bonds. The van der Waals surface area contributed by atoms with Crippen molar-refractivity contribution in [2.24, 2.45) is 0 Å². The number of amides is 1. The van der Waals surface area contributed by atoms with E-state index in [1.54, 1.807) is 0 Å². The Morgan fingerprint density at radius 2 is 1.80 bits per heavy atom. The van der Waals surface area contributed by atoms with E-state index in [0.29, 0.717) is 13.0 Å². The Morgan fingerprint density at radius 3 is 2.64 bits per heavy atom. The van der Waals surface area contributed by atoms with E-state index in [1.807, 2.05) is 18.2 Å². The molecule has 2 aromatic rings. The van der Waals surface area contributed by atoms with Crippen molar-refractivity contribution in [2.75, 3.05) is 6.79 Å². The molecule has 0 N–H and O–H groups in total. The first-order valence-corrected chi connectivity index (χ1v) is 9.04. The van der Waals surface area contributed by atoms with Crippen molar-refractivity contribution in [3.63, 3.8) is 0 Å². The van der Waals surface area contributed by atoms with Gasteiger partial charge in [0.15, 0.2) is 11.5 Å². The number of hydrogen-bond donors (Lipinski definition) is 0. The van der Waals surface area contributed by atoms with Crippen LogP contribution in [0.5, 0.6) is 11.5 Å². The lowest BCUT2D eigenvalue weighted by atomic mass is 9.74. The molecule has 3 aliphatic rings. The summed E-state index contributed by atoms with van der Waals surface area (Å²) in [6.07, 6.45) is 4.69. The van der Waals surface area contributed by atoms with Gasteiger partial charge in [0, 0.05) is 13.0 Å². The highest BCUT2D eigenvalue weighted by Crippen LogP contribution is 2.51. The van der Waals surface area contributed by atoms with Gasteiger partial charge in [-0.2, -0.15) is 0 Å². The molecule has 0 aromatic heterocycles. The number of aryl methyl sites for hydroxylation is 1. The summed E-state index contributed by atoms with van der Waals surface area (Å²) in [6, 6.07) is 14.5. The van der Waals surface area contributed by atoms with E-state index in [1.165, 1.54) is 16.7 Å². The molecule has 1 spiro atoms. The van der Waals surface area contributed by atoms with Gasteiger partial charge in [-0.15, -0.1) is 0 Å². The average molecular weight is 335 g/mol. The standard InChI is InChI=1S/C21H21NO3/c23-20-8-10-21(22(20)13-15-5-2-1-3-6-15)9-4-7-16-11-18-19(12-17(16)21)25-14-24-18/h1-3,5-6,11-12H,4,7-10,13-14H2. The molecule has 1 aliphatic carbocycles. The monoisotopic (exact) mass is 335 g/mol. The maximum atomic E-state index is 12.8. The molecule has 25 heavy (non-hydrogen) atoms. The van der Waals surface area contributed by atoms with Crippen molar-refractivity contribution >= 4 is 5.91 Å². The number of hydrogen-bond acceptors (Lipinski definition) is 3. The highest BCUT2D eigenvalue weighted by atomic mass is 16.7. The SMILES string of the molecule is O=C1CCC2(CCCc3cc4c(cc32)OCO4)N1Cc1ccccc1. The molecule has 1 saturated heterocycles. The summed E-state index contributed by atoms with van der Waals surface area (Å²) in [5.74, 6) is 1.92. The number of fused-ring (bicyclic) bond motifs is 3. The van der Waals surface area contributed by atoms with Crippen LogP contribution in [0.25, 0.3) is 0 Å². The van der Waals surface area contributed by atoms with Crippen molar-refractivity contribution in [1.29, 1.82) is 0 Å². The third kappa shape index (κ3) is 2.24. The molecule has 2 aromatic carbocycles. The molecule has 2 heterocycles. The number of nitrogens with zero attached hydrogens (tertiary/aromatic N) is 1. The Balaban J connectivity index is 1.59. The Bertz CT molecular complexity index is 833. The molecular weight excluding hydrogens is 314 g/mol. The second kappa shape index (κ2) is 5.51. The molecule has 0 saturated carbocycles. The van der Waals surface area contributed by atoms with Gasteiger partial charge in [-0.25, -0.2) is 0 Å². The highest BCUT2D eigenvalue weighted by molar-refractivity contribution is 5.80. The third-order valence-electron chi connectivity index (χ3n) is 5.89. The van der Waals surface area contributed by atoms with E-state index in [0.717, 1.165) is 37.2 Å². The topological polar surface area (TPSA) is 38.8 Å². The van der Waals surface area contributed by atoms with Crippen LogP contribution in [0.15, 0.2) is 42.5 Å². The number of ether oxygens (including phenoxy) is 2. The minimum atomic E-state index is -0.193. The summed E-state index contributed by atoms with van der Waals surface area (Å²) in [5.41, 5.74) is 3.57. The zero-order chi connectivity index (χ0) is 16.9. The van der Waals surface area contributed by atoms with Crippen molar-refractivity contribution in [3.05, 3.63) is 59.2 Å². The summed E-state index contributed by atoms with van der Waals surface area (Å²) in [6.45, 7) is 0.964. The van der Waals surface area contributed by atoms with Crippen LogP contribution in [0.2, 0.25) is 0 Å². The van der Waals surface area contributed by atoms with Gasteiger partial charge in [-0.05, 0) is 54.5 Å². The third-order valence-corrected chi connectivity index (χ3v) is 5.89. The highest BCUT2D eigenvalue weighted by Gasteiger charge is 2.49. The van der Waals surface area contributed by atoms with E-state index in [9.17, 15) is 4.79 Å². The summed E-state index contributed by atoms with van der Waals surface area (Å²) in [5, 5.41) is 0. The molecule has 1 atom stereocenters. The average Bonchev–Trinajstić information content (AvgIpc) is 3.21. The lowest BCUT2D eigenvalue weighted by molar-refractivity contribution is -0.132. The zero-order valence-corrected chi connectivity index (χ0v) is 14.2. The molecule has 1 fully saturated rings. The molecule has 2 aliphatic heterocycles. The number of carbonyl (C=O) groups is 1. The van der Waals surface area contributed by atoms with Crippen molar-refractivity contribution in [1.82, 2.24) is 4.90 Å². The quantitative estimate of drug-likeness (QED) is 0.838. The molecule has 128 valence electrons. The zero-order valence-electron chi connectivity index (χ0n) is 14.2. The van der Waals surface area contributed by atoms with E-state index < -0.39 is 0 Å². The Kier molecular flexibility index (Phi) is 3.27. The van der Waals surface area contributed by atoms with Crippen LogP contribution in [0.4, 0.5) is 0 Å². The first-order chi connectivity index (χ1) is 12.3. The largest absolute Gasteiger partial charge is 0.454 e. The molecular formula is C21H21NO3. The van der Waals surface area contributed by atoms with Crippen molar-refractivity contribution < 1.29 is 14.3 Å². The van der Waals surface area contributed by atoms with Gasteiger partial charge < -0.3 is 14.4 Å². The predicted octanol–water partition coefficient (Wildman–Crippen LogP) is 3.77. The van der Waals surface area contributed by atoms with Gasteiger partial charge in [0.2, 0.25) is 12.7 Å². The Labute approximate surface area is 147 Å². The van der Waals surface area contributed by atoms with E-state index >= 15 is 0 Å². The van der Waals surface area contributed by atoms with Gasteiger partial charge in [0.25, 0.3) is 0 Å². The van der Waals surface area contributed by atoms with Crippen LogP contribution in [0.3, 0.4) is 0 Å². The second-order valence-electron chi connectivity index (χ2n) is 7.21. The van der Waals surface area contributed by atoms with Crippen molar-refractivity contribution in [3.8, 4) is 11.5 Å². The molecule has 1 unspecified atom stereocenters. The lowest BCUT2D eigenvalue weighted by Crippen LogP contribution is -2.45. The van der Waals surface area contributed by atoms with Crippen molar-refractivity contribution in [2.45, 2.75) is 44.2 Å². The molecule has 4 nitrogen and oxygen atoms in total. The summed E-state index contributed by atoms with van der Waals surface area (Å²) >= 11 is 0. The van der Waals surface area contributed by atoms with Crippen LogP contribution in [0, 0.1) is 0 Å². The smallest absolute Gasteiger partial charge is 0.231 e. The van der Waals surface area contributed by atoms with Crippen LogP contribution in [-0.4, -0.2) is 17.6 Å². The van der Waals surface area contributed by atoms with Crippen LogP contribution < -0.4 is 9.47 Å². The van der Waals surface area contributed by atoms with Crippen LogP contribution in [-0.2, 0) is 23.3 Å². The fourth-order valence-corrected chi connectivity index (χ4v) is 4.70. The predicted molar refractivity (Wildman–Crippen MR) is 93.4 cm³/mol. The fourth-order valence-electron chi connectivity index (χ4n) is 4.70. The fraction of sp³-hybridized carbons (Fsp3) is 0.381. The summed E-state index contributed by atoms with van der Waals surface area (Å²) in [4.78, 5) is 14.9. The van der Waals surface area contributed by atoms with Gasteiger partial charge >= 0.3 is 0 Å². The maximum absolute atomic E-state index is 12.8. The summed E-state index contributed by atoms with van der Waals surface area (Å²) in [7, 11) is 0.